The fourth-order valence-electron chi connectivity index (χ4n) is 2.60. The van der Waals surface area contributed by atoms with Gasteiger partial charge in [-0.3, -0.25) is 9.59 Å². The average molecular weight is 326 g/mol. The second-order valence-electron chi connectivity index (χ2n) is 5.64. The first kappa shape index (κ1) is 15.6. The van der Waals surface area contributed by atoms with Gasteiger partial charge in [-0.05, 0) is 24.6 Å². The summed E-state index contributed by atoms with van der Waals surface area (Å²) in [5, 5.41) is 2.88. The zero-order valence-electron chi connectivity index (χ0n) is 13.1. The Hall–Kier alpha value is -2.27. The molecule has 3 rings (SSSR count). The first-order valence-corrected chi connectivity index (χ1v) is 8.22. The lowest BCUT2D eigenvalue weighted by atomic mass is 10.1. The molecule has 23 heavy (non-hydrogen) atoms. The molecular weight excluding hydrogens is 308 g/mol. The van der Waals surface area contributed by atoms with Crippen LogP contribution in [0, 0.1) is 0 Å². The molecule has 0 fully saturated rings. The number of amides is 2. The summed E-state index contributed by atoms with van der Waals surface area (Å²) in [6.45, 7) is 2.10. The molecule has 1 atom stereocenters. The van der Waals surface area contributed by atoms with Gasteiger partial charge in [0.15, 0.2) is 4.75 Å². The van der Waals surface area contributed by atoms with Crippen LogP contribution < -0.4 is 10.2 Å². The Morgan fingerprint density at radius 1 is 1.13 bits per heavy atom. The van der Waals surface area contributed by atoms with Gasteiger partial charge in [0.2, 0.25) is 5.91 Å². The summed E-state index contributed by atoms with van der Waals surface area (Å²) in [5.74, 6) is -0.468. The van der Waals surface area contributed by atoms with E-state index in [0.717, 1.165) is 16.1 Å². The Balaban J connectivity index is 1.81. The summed E-state index contributed by atoms with van der Waals surface area (Å²) in [6, 6.07) is 17.3. The third-order valence-corrected chi connectivity index (χ3v) is 5.32. The number of benzene rings is 2. The van der Waals surface area contributed by atoms with E-state index in [2.05, 4.69) is 5.32 Å². The predicted octanol–water partition coefficient (Wildman–Crippen LogP) is 2.83. The lowest BCUT2D eigenvalue weighted by Crippen LogP contribution is -2.55. The van der Waals surface area contributed by atoms with Crippen molar-refractivity contribution in [2.75, 3.05) is 11.9 Å². The molecule has 0 saturated carbocycles. The minimum atomic E-state index is -1.15. The largest absolute Gasteiger partial charge is 0.350 e. The van der Waals surface area contributed by atoms with Crippen LogP contribution in [0.2, 0.25) is 0 Å². The molecule has 4 nitrogen and oxygen atoms in total. The molecule has 0 aromatic heterocycles. The number of fused-ring (bicyclic) bond motifs is 1. The zero-order chi connectivity index (χ0) is 16.4. The van der Waals surface area contributed by atoms with E-state index in [-0.39, 0.29) is 11.8 Å². The molecule has 2 aromatic rings. The van der Waals surface area contributed by atoms with Crippen LogP contribution in [-0.2, 0) is 16.1 Å². The van der Waals surface area contributed by atoms with E-state index in [0.29, 0.717) is 6.54 Å². The Bertz CT molecular complexity index is 748. The summed E-state index contributed by atoms with van der Waals surface area (Å²) < 4.78 is -1.15. The van der Waals surface area contributed by atoms with Crippen molar-refractivity contribution in [2.24, 2.45) is 0 Å². The molecule has 1 heterocycles. The summed E-state index contributed by atoms with van der Waals surface area (Å²) in [6.07, 6.45) is 0. The van der Waals surface area contributed by atoms with Gasteiger partial charge >= 0.3 is 0 Å². The Morgan fingerprint density at radius 2 is 1.78 bits per heavy atom. The maximum absolute atomic E-state index is 12.7. The zero-order valence-corrected chi connectivity index (χ0v) is 13.9. The summed E-state index contributed by atoms with van der Waals surface area (Å²) in [5.41, 5.74) is 1.85. The Morgan fingerprint density at radius 3 is 2.52 bits per heavy atom. The highest BCUT2D eigenvalue weighted by Crippen LogP contribution is 2.44. The maximum Gasteiger partial charge on any atom is 0.252 e. The fourth-order valence-corrected chi connectivity index (χ4v) is 3.89. The van der Waals surface area contributed by atoms with Gasteiger partial charge in [-0.25, -0.2) is 0 Å². The van der Waals surface area contributed by atoms with Crippen molar-refractivity contribution in [2.45, 2.75) is 23.1 Å². The molecule has 1 N–H and O–H groups in total. The van der Waals surface area contributed by atoms with Crippen molar-refractivity contribution >= 4 is 29.3 Å². The minimum Gasteiger partial charge on any atom is -0.350 e. The molecule has 1 aliphatic rings. The minimum absolute atomic E-state index is 0.202. The third kappa shape index (κ3) is 2.84. The quantitative estimate of drug-likeness (QED) is 0.883. The van der Waals surface area contributed by atoms with Gasteiger partial charge < -0.3 is 10.2 Å². The van der Waals surface area contributed by atoms with Crippen LogP contribution in [0.3, 0.4) is 0 Å². The Kier molecular flexibility index (Phi) is 4.13. The number of nitrogens with zero attached hydrogens (tertiary/aromatic N) is 1. The fraction of sp³-hybridized carbons (Fsp3) is 0.222. The van der Waals surface area contributed by atoms with Crippen LogP contribution in [0.1, 0.15) is 12.5 Å². The summed E-state index contributed by atoms with van der Waals surface area (Å²) >= 11 is 1.31. The van der Waals surface area contributed by atoms with E-state index in [1.54, 1.807) is 18.9 Å². The van der Waals surface area contributed by atoms with E-state index in [9.17, 15) is 9.59 Å². The van der Waals surface area contributed by atoms with Crippen LogP contribution in [0.5, 0.6) is 0 Å². The number of carbonyl (C=O) groups is 2. The molecule has 1 unspecified atom stereocenters. The summed E-state index contributed by atoms with van der Waals surface area (Å²) in [4.78, 5) is 27.9. The van der Waals surface area contributed by atoms with Gasteiger partial charge in [-0.2, -0.15) is 0 Å². The standard InChI is InChI=1S/C18H18N2O2S/c1-18(16(21)19-12-13-8-4-3-5-9-13)17(22)20(2)14-10-6-7-11-15(14)23-18/h3-11H,12H2,1-2H3,(H,19,21). The highest BCUT2D eigenvalue weighted by molar-refractivity contribution is 8.02. The maximum atomic E-state index is 12.7. The smallest absolute Gasteiger partial charge is 0.252 e. The first-order valence-electron chi connectivity index (χ1n) is 7.41. The topological polar surface area (TPSA) is 49.4 Å². The lowest BCUT2D eigenvalue weighted by molar-refractivity contribution is -0.131. The predicted molar refractivity (Wildman–Crippen MR) is 92.4 cm³/mol. The van der Waals surface area contributed by atoms with E-state index in [1.165, 1.54) is 11.8 Å². The van der Waals surface area contributed by atoms with Gasteiger partial charge in [0, 0.05) is 18.5 Å². The number of anilines is 1. The van der Waals surface area contributed by atoms with Gasteiger partial charge in [0.1, 0.15) is 0 Å². The van der Waals surface area contributed by atoms with Gasteiger partial charge in [0.05, 0.1) is 5.69 Å². The average Bonchev–Trinajstić information content (AvgIpc) is 2.58. The van der Waals surface area contributed by atoms with Crippen LogP contribution in [0.15, 0.2) is 59.5 Å². The second kappa shape index (κ2) is 6.08. The SMILES string of the molecule is CN1C(=O)C(C)(C(=O)NCc2ccccc2)Sc2ccccc21. The molecule has 1 aliphatic heterocycles. The van der Waals surface area contributed by atoms with Crippen molar-refractivity contribution in [1.82, 2.24) is 5.32 Å². The van der Waals surface area contributed by atoms with Crippen LogP contribution >= 0.6 is 11.8 Å². The van der Waals surface area contributed by atoms with Crippen molar-refractivity contribution in [3.63, 3.8) is 0 Å². The molecule has 2 aromatic carbocycles. The summed E-state index contributed by atoms with van der Waals surface area (Å²) in [7, 11) is 1.71. The Labute approximate surface area is 139 Å². The highest BCUT2D eigenvalue weighted by atomic mass is 32.2. The molecule has 2 amide bonds. The van der Waals surface area contributed by atoms with Crippen molar-refractivity contribution < 1.29 is 9.59 Å². The van der Waals surface area contributed by atoms with Crippen LogP contribution in [0.25, 0.3) is 0 Å². The molecule has 0 spiro atoms. The first-order chi connectivity index (χ1) is 11.0. The molecule has 0 bridgehead atoms. The number of hydrogen-bond donors (Lipinski definition) is 1. The molecule has 0 saturated heterocycles. The van der Waals surface area contributed by atoms with E-state index < -0.39 is 4.75 Å². The number of carbonyl (C=O) groups excluding carboxylic acids is 2. The van der Waals surface area contributed by atoms with Gasteiger partial charge in [-0.1, -0.05) is 54.2 Å². The van der Waals surface area contributed by atoms with E-state index in [4.69, 9.17) is 0 Å². The van der Waals surface area contributed by atoms with Gasteiger partial charge in [-0.15, -0.1) is 0 Å². The molecule has 0 aliphatic carbocycles. The van der Waals surface area contributed by atoms with E-state index >= 15 is 0 Å². The monoisotopic (exact) mass is 326 g/mol. The third-order valence-electron chi connectivity index (χ3n) is 3.98. The molecular formula is C18H18N2O2S. The van der Waals surface area contributed by atoms with Crippen molar-refractivity contribution in [1.29, 1.82) is 0 Å². The molecule has 0 radical (unpaired) electrons. The number of rotatable bonds is 3. The number of nitrogens with one attached hydrogen (secondary N) is 1. The lowest BCUT2D eigenvalue weighted by Gasteiger charge is -2.36. The van der Waals surface area contributed by atoms with Crippen LogP contribution in [-0.4, -0.2) is 23.6 Å². The number of thioether (sulfide) groups is 1. The van der Waals surface area contributed by atoms with Crippen LogP contribution in [0.4, 0.5) is 5.69 Å². The second-order valence-corrected chi connectivity index (χ2v) is 7.10. The normalized spacial score (nSPS) is 20.1. The van der Waals surface area contributed by atoms with E-state index in [1.807, 2.05) is 54.6 Å². The molecule has 5 heteroatoms. The molecule has 118 valence electrons. The van der Waals surface area contributed by atoms with Crippen molar-refractivity contribution in [3.8, 4) is 0 Å². The number of hydrogen-bond acceptors (Lipinski definition) is 3. The van der Waals surface area contributed by atoms with Crippen molar-refractivity contribution in [3.05, 3.63) is 60.2 Å². The number of para-hydroxylation sites is 1. The highest BCUT2D eigenvalue weighted by Gasteiger charge is 2.48. The van der Waals surface area contributed by atoms with Gasteiger partial charge in [0.25, 0.3) is 5.91 Å².